The Kier molecular flexibility index (Phi) is 12.3. The number of hydrogen-bond donors (Lipinski definition) is 2. The van der Waals surface area contributed by atoms with Crippen LogP contribution in [-0.2, 0) is 22.2 Å². The number of piperidine rings is 1. The van der Waals surface area contributed by atoms with Crippen LogP contribution < -0.4 is 5.32 Å². The van der Waals surface area contributed by atoms with Crippen molar-refractivity contribution in [2.45, 2.75) is 89.5 Å². The summed E-state index contributed by atoms with van der Waals surface area (Å²) in [4.78, 5) is 34.2. The number of amidine groups is 1. The van der Waals surface area contributed by atoms with E-state index in [0.717, 1.165) is 18.6 Å². The van der Waals surface area contributed by atoms with Crippen LogP contribution >= 0.6 is 0 Å². The first-order valence-corrected chi connectivity index (χ1v) is 17.6. The standard InChI is InChI=1S/C37H44F6N6O3/c1-23(44)48-17-15-26(16-18-48)21-45-34(50)32(27-7-4-3-5-8-27)49(35(51)37(41,42)43)22-30(29-9-6-10-31(20-29)36(38,39)40)19-25-11-13-28(14-12-25)33-46-24(2)52-47-33/h6,9-14,20,26-27,30,32,44H,3-5,7-8,15-19,21-22H2,1-2H3,(H,45,50)/t30-,32?/m1/s1. The number of hydrogen-bond acceptors (Lipinski definition) is 6. The van der Waals surface area contributed by atoms with Gasteiger partial charge >= 0.3 is 18.3 Å². The van der Waals surface area contributed by atoms with Crippen LogP contribution in [-0.4, -0.2) is 76.0 Å². The maximum atomic E-state index is 14.5. The minimum absolute atomic E-state index is 0.0293. The molecule has 3 aromatic rings. The smallest absolute Gasteiger partial charge is 0.361 e. The molecule has 2 aromatic carbocycles. The fraction of sp³-hybridized carbons (Fsp3) is 0.541. The lowest BCUT2D eigenvalue weighted by Crippen LogP contribution is -2.58. The lowest BCUT2D eigenvalue weighted by Gasteiger charge is -2.40. The molecule has 9 nitrogen and oxygen atoms in total. The molecule has 2 atom stereocenters. The third kappa shape index (κ3) is 9.91. The Morgan fingerprint density at radius 3 is 2.25 bits per heavy atom. The Morgan fingerprint density at radius 2 is 1.67 bits per heavy atom. The zero-order chi connectivity index (χ0) is 37.6. The molecule has 2 aliphatic rings. The number of aromatic nitrogens is 2. The number of aryl methyl sites for hydroxylation is 1. The normalized spacial score (nSPS) is 17.4. The Bertz CT molecular complexity index is 1680. The molecular weight excluding hydrogens is 690 g/mol. The van der Waals surface area contributed by atoms with E-state index < -0.39 is 54.2 Å². The van der Waals surface area contributed by atoms with Gasteiger partial charge in [0.25, 0.3) is 0 Å². The molecule has 1 saturated heterocycles. The topological polar surface area (TPSA) is 115 Å². The number of carbonyl (C=O) groups excluding carboxylic acids is 2. The van der Waals surface area contributed by atoms with E-state index in [1.807, 2.05) is 4.90 Å². The largest absolute Gasteiger partial charge is 0.471 e. The molecule has 5 rings (SSSR count). The molecular formula is C37H44F6N6O3. The van der Waals surface area contributed by atoms with Gasteiger partial charge in [0, 0.05) is 44.6 Å². The Labute approximate surface area is 298 Å². The third-order valence-corrected chi connectivity index (χ3v) is 10.2. The van der Waals surface area contributed by atoms with Gasteiger partial charge in [-0.3, -0.25) is 15.0 Å². The number of benzene rings is 2. The summed E-state index contributed by atoms with van der Waals surface area (Å²) in [7, 11) is 0. The van der Waals surface area contributed by atoms with Crippen LogP contribution in [0.2, 0.25) is 0 Å². The van der Waals surface area contributed by atoms with Crippen molar-refractivity contribution in [1.82, 2.24) is 25.3 Å². The van der Waals surface area contributed by atoms with Gasteiger partial charge in [-0.05, 0) is 68.1 Å². The molecule has 0 spiro atoms. The molecule has 2 N–H and O–H groups in total. The van der Waals surface area contributed by atoms with E-state index in [0.29, 0.717) is 85.2 Å². The van der Waals surface area contributed by atoms with Gasteiger partial charge in [-0.15, -0.1) is 0 Å². The van der Waals surface area contributed by atoms with Crippen LogP contribution in [0.1, 0.15) is 80.4 Å². The van der Waals surface area contributed by atoms with Crippen molar-refractivity contribution in [2.24, 2.45) is 11.8 Å². The van der Waals surface area contributed by atoms with Crippen LogP contribution in [0.3, 0.4) is 0 Å². The predicted octanol–water partition coefficient (Wildman–Crippen LogP) is 7.56. The molecule has 2 heterocycles. The molecule has 52 heavy (non-hydrogen) atoms. The van der Waals surface area contributed by atoms with E-state index in [1.54, 1.807) is 38.1 Å². The van der Waals surface area contributed by atoms with Crippen molar-refractivity contribution in [3.63, 3.8) is 0 Å². The van der Waals surface area contributed by atoms with Gasteiger partial charge in [0.1, 0.15) is 6.04 Å². The van der Waals surface area contributed by atoms with Crippen molar-refractivity contribution >= 4 is 17.6 Å². The summed E-state index contributed by atoms with van der Waals surface area (Å²) in [6, 6.07) is 9.60. The predicted molar refractivity (Wildman–Crippen MR) is 181 cm³/mol. The number of rotatable bonds is 11. The van der Waals surface area contributed by atoms with Gasteiger partial charge in [-0.2, -0.15) is 31.3 Å². The van der Waals surface area contributed by atoms with Gasteiger partial charge < -0.3 is 19.6 Å². The number of halogens is 6. The molecule has 15 heteroatoms. The van der Waals surface area contributed by atoms with Crippen molar-refractivity contribution in [2.75, 3.05) is 26.2 Å². The third-order valence-electron chi connectivity index (χ3n) is 10.2. The second-order valence-electron chi connectivity index (χ2n) is 13.9. The number of nitrogens with one attached hydrogen (secondary N) is 2. The van der Waals surface area contributed by atoms with E-state index in [2.05, 4.69) is 15.5 Å². The number of nitrogens with zero attached hydrogens (tertiary/aromatic N) is 4. The first-order valence-electron chi connectivity index (χ1n) is 17.6. The monoisotopic (exact) mass is 734 g/mol. The first-order chi connectivity index (χ1) is 24.6. The Balaban J connectivity index is 1.48. The van der Waals surface area contributed by atoms with Crippen molar-refractivity contribution in [1.29, 1.82) is 5.41 Å². The average molecular weight is 735 g/mol. The summed E-state index contributed by atoms with van der Waals surface area (Å²) in [5.41, 5.74) is 0.287. The Morgan fingerprint density at radius 1 is 1.00 bits per heavy atom. The van der Waals surface area contributed by atoms with Crippen molar-refractivity contribution < 1.29 is 40.5 Å². The summed E-state index contributed by atoms with van der Waals surface area (Å²) >= 11 is 0. The van der Waals surface area contributed by atoms with Gasteiger partial charge in [-0.1, -0.05) is 66.9 Å². The van der Waals surface area contributed by atoms with Crippen LogP contribution in [0.25, 0.3) is 11.4 Å². The fourth-order valence-electron chi connectivity index (χ4n) is 7.35. The van der Waals surface area contributed by atoms with Gasteiger partial charge in [0.15, 0.2) is 0 Å². The number of amides is 2. The van der Waals surface area contributed by atoms with Gasteiger partial charge in [0.05, 0.1) is 11.4 Å². The quantitative estimate of drug-likeness (QED) is 0.119. The maximum absolute atomic E-state index is 14.5. The second-order valence-corrected chi connectivity index (χ2v) is 13.9. The van der Waals surface area contributed by atoms with E-state index in [9.17, 15) is 35.9 Å². The zero-order valence-corrected chi connectivity index (χ0v) is 29.2. The van der Waals surface area contributed by atoms with Crippen LogP contribution in [0.5, 0.6) is 0 Å². The molecule has 2 fully saturated rings. The van der Waals surface area contributed by atoms with Crippen molar-refractivity contribution in [3.8, 4) is 11.4 Å². The minimum atomic E-state index is -5.34. The lowest BCUT2D eigenvalue weighted by molar-refractivity contribution is -0.190. The SMILES string of the molecule is CC(=N)N1CCC(CNC(=O)C(C2CCCCC2)N(C[C@@H](Cc2ccc(-c3noc(C)n3)cc2)c2cccc(C(F)(F)F)c2)C(=O)C(F)(F)F)CC1. The summed E-state index contributed by atoms with van der Waals surface area (Å²) in [6.45, 7) is 4.12. The molecule has 2 amide bonds. The number of alkyl halides is 6. The lowest BCUT2D eigenvalue weighted by atomic mass is 9.81. The highest BCUT2D eigenvalue weighted by Gasteiger charge is 2.49. The molecule has 1 aliphatic carbocycles. The first kappa shape index (κ1) is 38.8. The molecule has 1 unspecified atom stereocenters. The highest BCUT2D eigenvalue weighted by Crippen LogP contribution is 2.36. The van der Waals surface area contributed by atoms with Gasteiger partial charge in [0.2, 0.25) is 17.6 Å². The number of carbonyl (C=O) groups is 2. The van der Waals surface area contributed by atoms with Crippen LogP contribution in [0.4, 0.5) is 26.3 Å². The summed E-state index contributed by atoms with van der Waals surface area (Å²) in [6.07, 6.45) is -5.67. The fourth-order valence-corrected chi connectivity index (χ4v) is 7.35. The van der Waals surface area contributed by atoms with E-state index in [1.165, 1.54) is 12.1 Å². The zero-order valence-electron chi connectivity index (χ0n) is 29.2. The summed E-state index contributed by atoms with van der Waals surface area (Å²) in [5, 5.41) is 14.6. The molecule has 0 bridgehead atoms. The molecule has 1 aromatic heterocycles. The molecule has 282 valence electrons. The van der Waals surface area contributed by atoms with Gasteiger partial charge in [-0.25, -0.2) is 0 Å². The summed E-state index contributed by atoms with van der Waals surface area (Å²) < 4.78 is 90.1. The van der Waals surface area contributed by atoms with Crippen molar-refractivity contribution in [3.05, 3.63) is 71.1 Å². The molecule has 1 aliphatic heterocycles. The van der Waals surface area contributed by atoms with E-state index >= 15 is 0 Å². The second kappa shape index (κ2) is 16.5. The minimum Gasteiger partial charge on any atom is -0.361 e. The van der Waals surface area contributed by atoms with E-state index in [4.69, 9.17) is 9.93 Å². The maximum Gasteiger partial charge on any atom is 0.471 e. The average Bonchev–Trinajstić information content (AvgIpc) is 3.56. The Hall–Kier alpha value is -4.43. The van der Waals surface area contributed by atoms with Crippen LogP contribution in [0.15, 0.2) is 53.1 Å². The number of likely N-dealkylation sites (tertiary alicyclic amines) is 1. The highest BCUT2D eigenvalue weighted by atomic mass is 19.4. The van der Waals surface area contributed by atoms with E-state index in [-0.39, 0.29) is 24.4 Å². The van der Waals surface area contributed by atoms with Crippen LogP contribution in [0, 0.1) is 24.2 Å². The molecule has 0 radical (unpaired) electrons. The molecule has 1 saturated carbocycles. The summed E-state index contributed by atoms with van der Waals surface area (Å²) in [5.74, 6) is -3.37. The highest BCUT2D eigenvalue weighted by molar-refractivity contribution is 5.90.